The summed E-state index contributed by atoms with van der Waals surface area (Å²) in [5.74, 6) is -0.109. The van der Waals surface area contributed by atoms with Crippen LogP contribution in [0.4, 0.5) is 4.39 Å². The SMILES string of the molecule is CCC(=O)c1cc(F)ccc1OCC1CO1. The molecule has 4 heteroatoms. The minimum Gasteiger partial charge on any atom is -0.490 e. The van der Waals surface area contributed by atoms with E-state index in [0.29, 0.717) is 30.9 Å². The normalized spacial score (nSPS) is 18.2. The number of benzene rings is 1. The third-order valence-electron chi connectivity index (χ3n) is 2.39. The molecule has 0 amide bonds. The Bertz CT molecular complexity index is 399. The molecule has 1 unspecified atom stereocenters. The monoisotopic (exact) mass is 224 g/mol. The minimum absolute atomic E-state index is 0.119. The van der Waals surface area contributed by atoms with E-state index in [1.807, 2.05) is 0 Å². The van der Waals surface area contributed by atoms with Crippen LogP contribution < -0.4 is 4.74 Å². The van der Waals surface area contributed by atoms with Gasteiger partial charge in [0.1, 0.15) is 24.3 Å². The highest BCUT2D eigenvalue weighted by Crippen LogP contribution is 2.22. The van der Waals surface area contributed by atoms with Gasteiger partial charge >= 0.3 is 0 Å². The second-order valence-corrected chi connectivity index (χ2v) is 3.68. The molecule has 0 aliphatic carbocycles. The molecule has 0 N–H and O–H groups in total. The van der Waals surface area contributed by atoms with Gasteiger partial charge in [-0.25, -0.2) is 4.39 Å². The summed E-state index contributed by atoms with van der Waals surface area (Å²) in [6.07, 6.45) is 0.453. The number of epoxide rings is 1. The highest BCUT2D eigenvalue weighted by atomic mass is 19.1. The molecular weight excluding hydrogens is 211 g/mol. The fourth-order valence-corrected chi connectivity index (χ4v) is 1.38. The quantitative estimate of drug-likeness (QED) is 0.568. The van der Waals surface area contributed by atoms with Crippen LogP contribution in [0.15, 0.2) is 18.2 Å². The van der Waals surface area contributed by atoms with Gasteiger partial charge < -0.3 is 9.47 Å². The Kier molecular flexibility index (Phi) is 3.19. The summed E-state index contributed by atoms with van der Waals surface area (Å²) in [5.41, 5.74) is 0.308. The summed E-state index contributed by atoms with van der Waals surface area (Å²) in [6.45, 7) is 2.84. The predicted octanol–water partition coefficient (Wildman–Crippen LogP) is 2.20. The van der Waals surface area contributed by atoms with Crippen molar-refractivity contribution < 1.29 is 18.7 Å². The van der Waals surface area contributed by atoms with Crippen LogP contribution in [0.3, 0.4) is 0 Å². The van der Waals surface area contributed by atoms with E-state index in [9.17, 15) is 9.18 Å². The molecule has 0 spiro atoms. The van der Waals surface area contributed by atoms with Crippen LogP contribution in [-0.4, -0.2) is 25.1 Å². The van der Waals surface area contributed by atoms with Crippen molar-refractivity contribution in [1.82, 2.24) is 0 Å². The van der Waals surface area contributed by atoms with E-state index in [0.717, 1.165) is 0 Å². The van der Waals surface area contributed by atoms with Crippen molar-refractivity contribution in [3.8, 4) is 5.75 Å². The lowest BCUT2D eigenvalue weighted by atomic mass is 10.1. The van der Waals surface area contributed by atoms with E-state index in [1.54, 1.807) is 6.92 Å². The Morgan fingerprint density at radius 3 is 3.00 bits per heavy atom. The van der Waals surface area contributed by atoms with Gasteiger partial charge in [-0.15, -0.1) is 0 Å². The van der Waals surface area contributed by atoms with Crippen molar-refractivity contribution in [2.24, 2.45) is 0 Å². The smallest absolute Gasteiger partial charge is 0.166 e. The van der Waals surface area contributed by atoms with E-state index in [1.165, 1.54) is 18.2 Å². The molecule has 1 atom stereocenters. The number of hydrogen-bond donors (Lipinski definition) is 0. The number of halogens is 1. The highest BCUT2D eigenvalue weighted by molar-refractivity contribution is 5.98. The van der Waals surface area contributed by atoms with Crippen molar-refractivity contribution in [3.05, 3.63) is 29.6 Å². The van der Waals surface area contributed by atoms with Gasteiger partial charge in [-0.1, -0.05) is 6.92 Å². The van der Waals surface area contributed by atoms with Gasteiger partial charge in [-0.3, -0.25) is 4.79 Å². The van der Waals surface area contributed by atoms with Crippen LogP contribution in [0.25, 0.3) is 0 Å². The molecule has 1 aromatic carbocycles. The van der Waals surface area contributed by atoms with Gasteiger partial charge in [-0.05, 0) is 18.2 Å². The van der Waals surface area contributed by atoms with Crippen LogP contribution in [0.5, 0.6) is 5.75 Å². The fourth-order valence-electron chi connectivity index (χ4n) is 1.38. The molecule has 0 radical (unpaired) electrons. The number of hydrogen-bond acceptors (Lipinski definition) is 3. The maximum atomic E-state index is 13.0. The third-order valence-corrected chi connectivity index (χ3v) is 2.39. The first kappa shape index (κ1) is 11.1. The summed E-state index contributed by atoms with van der Waals surface area (Å²) < 4.78 is 23.4. The standard InChI is InChI=1S/C12H13FO3/c1-2-11(14)10-5-8(13)3-4-12(10)16-7-9-6-15-9/h3-5,9H,2,6-7H2,1H3. The molecule has 0 bridgehead atoms. The zero-order valence-corrected chi connectivity index (χ0v) is 9.03. The lowest BCUT2D eigenvalue weighted by Crippen LogP contribution is -2.08. The molecule has 1 aliphatic heterocycles. The first-order valence-electron chi connectivity index (χ1n) is 5.28. The Labute approximate surface area is 93.2 Å². The van der Waals surface area contributed by atoms with E-state index in [4.69, 9.17) is 9.47 Å². The molecular formula is C12H13FO3. The Morgan fingerprint density at radius 2 is 2.38 bits per heavy atom. The topological polar surface area (TPSA) is 38.8 Å². The average molecular weight is 224 g/mol. The number of rotatable bonds is 5. The fraction of sp³-hybridized carbons (Fsp3) is 0.417. The van der Waals surface area contributed by atoms with Crippen LogP contribution in [0, 0.1) is 5.82 Å². The molecule has 1 heterocycles. The number of carbonyl (C=O) groups is 1. The molecule has 3 nitrogen and oxygen atoms in total. The van der Waals surface area contributed by atoms with E-state index < -0.39 is 5.82 Å². The van der Waals surface area contributed by atoms with Gasteiger partial charge in [0.2, 0.25) is 0 Å². The summed E-state index contributed by atoms with van der Waals surface area (Å²) >= 11 is 0. The van der Waals surface area contributed by atoms with Crippen molar-refractivity contribution >= 4 is 5.78 Å². The van der Waals surface area contributed by atoms with Gasteiger partial charge in [0.25, 0.3) is 0 Å². The number of ether oxygens (including phenoxy) is 2. The van der Waals surface area contributed by atoms with Gasteiger partial charge in [0, 0.05) is 6.42 Å². The zero-order chi connectivity index (χ0) is 11.5. The highest BCUT2D eigenvalue weighted by Gasteiger charge is 2.24. The first-order chi connectivity index (χ1) is 7.70. The molecule has 0 saturated carbocycles. The van der Waals surface area contributed by atoms with Crippen LogP contribution >= 0.6 is 0 Å². The molecule has 16 heavy (non-hydrogen) atoms. The Morgan fingerprint density at radius 1 is 1.62 bits per heavy atom. The third kappa shape index (κ3) is 2.58. The summed E-state index contributed by atoms with van der Waals surface area (Å²) in [4.78, 5) is 11.6. The van der Waals surface area contributed by atoms with Crippen LogP contribution in [0.2, 0.25) is 0 Å². The van der Waals surface area contributed by atoms with E-state index in [2.05, 4.69) is 0 Å². The number of Topliss-reactive ketones (excluding diaryl/α,β-unsaturated/α-hetero) is 1. The summed E-state index contributed by atoms with van der Waals surface area (Å²) in [6, 6.07) is 3.99. The second-order valence-electron chi connectivity index (χ2n) is 3.68. The van der Waals surface area contributed by atoms with Crippen molar-refractivity contribution in [2.45, 2.75) is 19.4 Å². The lowest BCUT2D eigenvalue weighted by molar-refractivity contribution is 0.0983. The van der Waals surface area contributed by atoms with Crippen molar-refractivity contribution in [1.29, 1.82) is 0 Å². The van der Waals surface area contributed by atoms with Gasteiger partial charge in [0.15, 0.2) is 5.78 Å². The zero-order valence-electron chi connectivity index (χ0n) is 9.03. The number of carbonyl (C=O) groups excluding carboxylic acids is 1. The maximum Gasteiger partial charge on any atom is 0.166 e. The van der Waals surface area contributed by atoms with Crippen molar-refractivity contribution in [2.75, 3.05) is 13.2 Å². The molecule has 86 valence electrons. The lowest BCUT2D eigenvalue weighted by Gasteiger charge is -2.09. The second kappa shape index (κ2) is 4.61. The van der Waals surface area contributed by atoms with E-state index >= 15 is 0 Å². The predicted molar refractivity (Wildman–Crippen MR) is 56.3 cm³/mol. The van der Waals surface area contributed by atoms with Crippen LogP contribution in [0.1, 0.15) is 23.7 Å². The van der Waals surface area contributed by atoms with Crippen LogP contribution in [-0.2, 0) is 4.74 Å². The average Bonchev–Trinajstić information content (AvgIpc) is 3.10. The molecule has 0 aromatic heterocycles. The summed E-state index contributed by atoms with van der Waals surface area (Å²) in [5, 5.41) is 0. The number of ketones is 1. The Balaban J connectivity index is 2.16. The van der Waals surface area contributed by atoms with Crippen molar-refractivity contribution in [3.63, 3.8) is 0 Å². The molecule has 2 rings (SSSR count). The maximum absolute atomic E-state index is 13.0. The van der Waals surface area contributed by atoms with E-state index in [-0.39, 0.29) is 11.9 Å². The molecule has 1 fully saturated rings. The largest absolute Gasteiger partial charge is 0.490 e. The van der Waals surface area contributed by atoms with Gasteiger partial charge in [-0.2, -0.15) is 0 Å². The van der Waals surface area contributed by atoms with Gasteiger partial charge in [0.05, 0.1) is 12.2 Å². The minimum atomic E-state index is -0.424. The first-order valence-corrected chi connectivity index (χ1v) is 5.28. The molecule has 1 saturated heterocycles. The molecule has 1 aliphatic rings. The molecule has 1 aromatic rings. The Hall–Kier alpha value is -1.42. The summed E-state index contributed by atoms with van der Waals surface area (Å²) in [7, 11) is 0.